The molecule has 0 aromatic carbocycles. The van der Waals surface area contributed by atoms with Crippen molar-refractivity contribution in [3.8, 4) is 0 Å². The van der Waals surface area contributed by atoms with Crippen LogP contribution in [0, 0.1) is 5.92 Å². The summed E-state index contributed by atoms with van der Waals surface area (Å²) in [5.41, 5.74) is 0. The Balaban J connectivity index is 1.95. The smallest absolute Gasteiger partial charge is 0.241 e. The van der Waals surface area contributed by atoms with E-state index in [4.69, 9.17) is 0 Å². The van der Waals surface area contributed by atoms with Crippen molar-refractivity contribution in [2.45, 2.75) is 45.2 Å². The van der Waals surface area contributed by atoms with Gasteiger partial charge in [-0.3, -0.25) is 10.1 Å². The van der Waals surface area contributed by atoms with Gasteiger partial charge in [0.05, 0.1) is 12.7 Å². The molecule has 2 heterocycles. The fourth-order valence-electron chi connectivity index (χ4n) is 2.50. The second kappa shape index (κ2) is 5.41. The van der Waals surface area contributed by atoms with E-state index in [2.05, 4.69) is 24.1 Å². The molecule has 3 nitrogen and oxygen atoms in total. The molecule has 2 fully saturated rings. The van der Waals surface area contributed by atoms with Crippen LogP contribution in [0.15, 0.2) is 0 Å². The average molecular weight is 242 g/mol. The summed E-state index contributed by atoms with van der Waals surface area (Å²) in [7, 11) is 0. The molecule has 0 aliphatic carbocycles. The van der Waals surface area contributed by atoms with Crippen LogP contribution >= 0.6 is 11.8 Å². The van der Waals surface area contributed by atoms with Crippen LogP contribution in [0.4, 0.5) is 0 Å². The first-order valence-corrected chi connectivity index (χ1v) is 7.51. The SMILES string of the molecule is CCC(C)C1NCN(C2CCCSC2)C1=O. The summed E-state index contributed by atoms with van der Waals surface area (Å²) < 4.78 is 0. The lowest BCUT2D eigenvalue weighted by atomic mass is 9.99. The molecule has 92 valence electrons. The monoisotopic (exact) mass is 242 g/mol. The maximum atomic E-state index is 12.3. The summed E-state index contributed by atoms with van der Waals surface area (Å²) in [6.07, 6.45) is 3.51. The number of carbonyl (C=O) groups is 1. The molecule has 16 heavy (non-hydrogen) atoms. The van der Waals surface area contributed by atoms with E-state index in [9.17, 15) is 4.79 Å². The van der Waals surface area contributed by atoms with Crippen LogP contribution in [0.1, 0.15) is 33.1 Å². The number of nitrogens with one attached hydrogen (secondary N) is 1. The number of hydrogen-bond donors (Lipinski definition) is 1. The molecular weight excluding hydrogens is 220 g/mol. The van der Waals surface area contributed by atoms with Crippen molar-refractivity contribution >= 4 is 17.7 Å². The van der Waals surface area contributed by atoms with Gasteiger partial charge in [0, 0.05) is 11.8 Å². The number of carbonyl (C=O) groups excluding carboxylic acids is 1. The first-order valence-electron chi connectivity index (χ1n) is 6.35. The van der Waals surface area contributed by atoms with E-state index in [1.54, 1.807) is 0 Å². The lowest BCUT2D eigenvalue weighted by molar-refractivity contribution is -0.131. The summed E-state index contributed by atoms with van der Waals surface area (Å²) in [4.78, 5) is 14.3. The Kier molecular flexibility index (Phi) is 4.14. The lowest BCUT2D eigenvalue weighted by Gasteiger charge is -2.30. The fourth-order valence-corrected chi connectivity index (χ4v) is 3.66. The summed E-state index contributed by atoms with van der Waals surface area (Å²) in [5, 5.41) is 3.37. The summed E-state index contributed by atoms with van der Waals surface area (Å²) in [5.74, 6) is 3.18. The molecule has 0 aromatic heterocycles. The normalized spacial score (nSPS) is 33.1. The molecule has 2 aliphatic rings. The van der Waals surface area contributed by atoms with Gasteiger partial charge in [0.2, 0.25) is 5.91 Å². The molecule has 0 bridgehead atoms. The molecule has 0 saturated carbocycles. The molecule has 2 rings (SSSR count). The van der Waals surface area contributed by atoms with Crippen molar-refractivity contribution < 1.29 is 4.79 Å². The quantitative estimate of drug-likeness (QED) is 0.817. The first-order chi connectivity index (χ1) is 7.74. The predicted octanol–water partition coefficient (Wildman–Crippen LogP) is 1.69. The van der Waals surface area contributed by atoms with Crippen molar-refractivity contribution in [3.63, 3.8) is 0 Å². The number of hydrogen-bond acceptors (Lipinski definition) is 3. The summed E-state index contributed by atoms with van der Waals surface area (Å²) in [6, 6.07) is 0.546. The minimum atomic E-state index is 0.0666. The Bertz CT molecular complexity index is 253. The number of thioether (sulfide) groups is 1. The molecule has 2 aliphatic heterocycles. The summed E-state index contributed by atoms with van der Waals surface area (Å²) >= 11 is 1.99. The van der Waals surface area contributed by atoms with Crippen LogP contribution in [-0.2, 0) is 4.79 Å². The topological polar surface area (TPSA) is 32.3 Å². The lowest BCUT2D eigenvalue weighted by Crippen LogP contribution is -2.42. The van der Waals surface area contributed by atoms with Gasteiger partial charge in [0.1, 0.15) is 0 Å². The zero-order valence-electron chi connectivity index (χ0n) is 10.2. The highest BCUT2D eigenvalue weighted by atomic mass is 32.2. The first kappa shape index (κ1) is 12.2. The third-order valence-electron chi connectivity index (χ3n) is 3.82. The number of rotatable bonds is 3. The molecule has 4 heteroatoms. The van der Waals surface area contributed by atoms with E-state index in [1.165, 1.54) is 18.6 Å². The Morgan fingerprint density at radius 3 is 3.06 bits per heavy atom. The van der Waals surface area contributed by atoms with Crippen LogP contribution in [0.3, 0.4) is 0 Å². The molecule has 1 amide bonds. The van der Waals surface area contributed by atoms with Crippen molar-refractivity contribution in [3.05, 3.63) is 0 Å². The molecule has 3 unspecified atom stereocenters. The van der Waals surface area contributed by atoms with Crippen LogP contribution in [0.5, 0.6) is 0 Å². The maximum absolute atomic E-state index is 12.3. The van der Waals surface area contributed by atoms with Gasteiger partial charge in [-0.1, -0.05) is 20.3 Å². The van der Waals surface area contributed by atoms with Crippen molar-refractivity contribution in [2.75, 3.05) is 18.2 Å². The van der Waals surface area contributed by atoms with Gasteiger partial charge in [0.15, 0.2) is 0 Å². The van der Waals surface area contributed by atoms with Crippen LogP contribution in [-0.4, -0.2) is 41.1 Å². The van der Waals surface area contributed by atoms with Crippen LogP contribution in [0.25, 0.3) is 0 Å². The van der Waals surface area contributed by atoms with E-state index in [-0.39, 0.29) is 6.04 Å². The van der Waals surface area contributed by atoms with E-state index in [0.29, 0.717) is 17.9 Å². The van der Waals surface area contributed by atoms with Crippen molar-refractivity contribution in [1.82, 2.24) is 10.2 Å². The van der Waals surface area contributed by atoms with Crippen molar-refractivity contribution in [1.29, 1.82) is 0 Å². The second-order valence-corrected chi connectivity index (χ2v) is 6.05. The number of nitrogens with zero attached hydrogens (tertiary/aromatic N) is 1. The number of amides is 1. The van der Waals surface area contributed by atoms with Gasteiger partial charge in [0.25, 0.3) is 0 Å². The Morgan fingerprint density at radius 2 is 2.44 bits per heavy atom. The average Bonchev–Trinajstić information content (AvgIpc) is 2.71. The minimum absolute atomic E-state index is 0.0666. The standard InChI is InChI=1S/C12H22N2OS/c1-3-9(2)11-12(15)14(8-13-11)10-5-4-6-16-7-10/h9-11,13H,3-8H2,1-2H3. The van der Waals surface area contributed by atoms with Gasteiger partial charge < -0.3 is 4.90 Å². The van der Waals surface area contributed by atoms with Gasteiger partial charge in [-0.05, 0) is 24.5 Å². The van der Waals surface area contributed by atoms with Gasteiger partial charge in [-0.2, -0.15) is 11.8 Å². The maximum Gasteiger partial charge on any atom is 0.241 e. The zero-order chi connectivity index (χ0) is 11.5. The van der Waals surface area contributed by atoms with Crippen molar-refractivity contribution in [2.24, 2.45) is 5.92 Å². The largest absolute Gasteiger partial charge is 0.325 e. The highest BCUT2D eigenvalue weighted by molar-refractivity contribution is 7.99. The van der Waals surface area contributed by atoms with E-state index < -0.39 is 0 Å². The molecular formula is C12H22N2OS. The van der Waals surface area contributed by atoms with Gasteiger partial charge >= 0.3 is 0 Å². The molecule has 0 spiro atoms. The Morgan fingerprint density at radius 1 is 1.62 bits per heavy atom. The molecule has 0 radical (unpaired) electrons. The second-order valence-electron chi connectivity index (χ2n) is 4.90. The predicted molar refractivity (Wildman–Crippen MR) is 68.4 cm³/mol. The molecule has 1 N–H and O–H groups in total. The highest BCUT2D eigenvalue weighted by Crippen LogP contribution is 2.25. The fraction of sp³-hybridized carbons (Fsp3) is 0.917. The molecule has 3 atom stereocenters. The Hall–Kier alpha value is -0.220. The highest BCUT2D eigenvalue weighted by Gasteiger charge is 2.37. The van der Waals surface area contributed by atoms with E-state index >= 15 is 0 Å². The summed E-state index contributed by atoms with van der Waals surface area (Å²) in [6.45, 7) is 5.08. The van der Waals surface area contributed by atoms with Crippen LogP contribution < -0.4 is 5.32 Å². The third-order valence-corrected chi connectivity index (χ3v) is 5.02. The van der Waals surface area contributed by atoms with E-state index in [0.717, 1.165) is 18.8 Å². The van der Waals surface area contributed by atoms with Gasteiger partial charge in [-0.25, -0.2) is 0 Å². The zero-order valence-corrected chi connectivity index (χ0v) is 11.1. The Labute approximate surface area is 102 Å². The third kappa shape index (κ3) is 2.38. The van der Waals surface area contributed by atoms with Crippen LogP contribution in [0.2, 0.25) is 0 Å². The van der Waals surface area contributed by atoms with Gasteiger partial charge in [-0.15, -0.1) is 0 Å². The minimum Gasteiger partial charge on any atom is -0.325 e. The molecule has 0 aromatic rings. The van der Waals surface area contributed by atoms with E-state index in [1.807, 2.05) is 11.8 Å². The molecule has 2 saturated heterocycles.